The monoisotopic (exact) mass is 479 g/mol. The Morgan fingerprint density at radius 2 is 1.83 bits per heavy atom. The number of ether oxygens (including phenoxy) is 1. The Morgan fingerprint density at radius 1 is 1.09 bits per heavy atom. The van der Waals surface area contributed by atoms with Crippen molar-refractivity contribution in [3.63, 3.8) is 0 Å². The molecule has 2 N–H and O–H groups in total. The third-order valence-electron chi connectivity index (χ3n) is 7.47. The van der Waals surface area contributed by atoms with Crippen LogP contribution in [0.15, 0.2) is 36.5 Å². The van der Waals surface area contributed by atoms with Gasteiger partial charge in [0.05, 0.1) is 12.2 Å². The molecular weight excluding hydrogens is 448 g/mol. The molecule has 3 atom stereocenters. The van der Waals surface area contributed by atoms with Gasteiger partial charge in [0.2, 0.25) is 5.88 Å². The van der Waals surface area contributed by atoms with E-state index in [1.54, 1.807) is 6.92 Å². The lowest BCUT2D eigenvalue weighted by atomic mass is 9.89. The van der Waals surface area contributed by atoms with Crippen molar-refractivity contribution in [3.8, 4) is 17.0 Å². The summed E-state index contributed by atoms with van der Waals surface area (Å²) in [5, 5.41) is 19.4. The SMILES string of the molecule is Cc1cc(CCC(C)(O)CO)cc(C)c1-c1cc(COc2cc3c(cn2)C2CC2C3)c(F)cc1F. The number of aryl methyl sites for hydroxylation is 3. The van der Waals surface area contributed by atoms with Crippen molar-refractivity contribution in [2.75, 3.05) is 6.61 Å². The minimum atomic E-state index is -1.15. The van der Waals surface area contributed by atoms with E-state index in [-0.39, 0.29) is 18.8 Å². The van der Waals surface area contributed by atoms with Gasteiger partial charge in [0.25, 0.3) is 0 Å². The van der Waals surface area contributed by atoms with Crippen molar-refractivity contribution in [1.82, 2.24) is 4.98 Å². The third-order valence-corrected chi connectivity index (χ3v) is 7.47. The summed E-state index contributed by atoms with van der Waals surface area (Å²) in [5.74, 6) is 0.602. The molecule has 3 unspecified atom stereocenters. The maximum atomic E-state index is 14.9. The highest BCUT2D eigenvalue weighted by atomic mass is 19.1. The molecule has 1 saturated carbocycles. The summed E-state index contributed by atoms with van der Waals surface area (Å²) in [7, 11) is 0. The molecule has 184 valence electrons. The standard InChI is InChI=1S/C29H31F2NO3/c1-16-6-18(4-5-29(3,34)15-33)7-17(2)28(16)23-10-21(25(30)12-26(23)31)14-35-27-11-20-8-19-9-22(19)24(20)13-32-27/h6-7,10-13,19,22,33-34H,4-5,8-9,14-15H2,1-3H3. The van der Waals surface area contributed by atoms with E-state index < -0.39 is 17.2 Å². The maximum absolute atomic E-state index is 14.9. The highest BCUT2D eigenvalue weighted by molar-refractivity contribution is 5.72. The van der Waals surface area contributed by atoms with Gasteiger partial charge < -0.3 is 14.9 Å². The Morgan fingerprint density at radius 3 is 2.54 bits per heavy atom. The molecule has 0 spiro atoms. The Balaban J connectivity index is 1.37. The molecule has 6 heteroatoms. The lowest BCUT2D eigenvalue weighted by Gasteiger charge is -2.21. The van der Waals surface area contributed by atoms with Gasteiger partial charge in [-0.15, -0.1) is 0 Å². The molecule has 2 aliphatic carbocycles. The van der Waals surface area contributed by atoms with E-state index in [2.05, 4.69) is 4.98 Å². The second-order valence-electron chi connectivity index (χ2n) is 10.5. The summed E-state index contributed by atoms with van der Waals surface area (Å²) in [5.41, 5.74) is 5.46. The molecule has 2 aromatic carbocycles. The molecule has 0 amide bonds. The summed E-state index contributed by atoms with van der Waals surface area (Å²) in [6.45, 7) is 5.04. The number of fused-ring (bicyclic) bond motifs is 3. The summed E-state index contributed by atoms with van der Waals surface area (Å²) in [4.78, 5) is 4.40. The van der Waals surface area contributed by atoms with Crippen molar-refractivity contribution < 1.29 is 23.7 Å². The van der Waals surface area contributed by atoms with Crippen LogP contribution >= 0.6 is 0 Å². The Bertz CT molecular complexity index is 1260. The zero-order valence-electron chi connectivity index (χ0n) is 20.4. The Kier molecular flexibility index (Phi) is 6.14. The number of halogens is 2. The number of aromatic nitrogens is 1. The smallest absolute Gasteiger partial charge is 0.213 e. The van der Waals surface area contributed by atoms with Crippen LogP contribution in [0.2, 0.25) is 0 Å². The van der Waals surface area contributed by atoms with E-state index in [1.165, 1.54) is 23.6 Å². The number of hydrogen-bond donors (Lipinski definition) is 2. The number of rotatable bonds is 8. The summed E-state index contributed by atoms with van der Waals surface area (Å²) >= 11 is 0. The van der Waals surface area contributed by atoms with Gasteiger partial charge in [0.15, 0.2) is 0 Å². The molecule has 0 radical (unpaired) electrons. The molecule has 1 heterocycles. The second kappa shape index (κ2) is 8.99. The van der Waals surface area contributed by atoms with Crippen LogP contribution in [0.1, 0.15) is 59.1 Å². The van der Waals surface area contributed by atoms with Crippen LogP contribution in [0.25, 0.3) is 11.1 Å². The molecule has 1 aromatic heterocycles. The van der Waals surface area contributed by atoms with Gasteiger partial charge in [0.1, 0.15) is 18.2 Å². The molecule has 0 aliphatic heterocycles. The van der Waals surface area contributed by atoms with Crippen LogP contribution in [0.3, 0.4) is 0 Å². The zero-order valence-corrected chi connectivity index (χ0v) is 20.4. The molecule has 0 bridgehead atoms. The minimum absolute atomic E-state index is 0.0375. The van der Waals surface area contributed by atoms with Gasteiger partial charge in [-0.05, 0) is 97.7 Å². The Labute approximate surface area is 204 Å². The third kappa shape index (κ3) is 4.82. The number of nitrogens with zero attached hydrogens (tertiary/aromatic N) is 1. The molecule has 1 fully saturated rings. The summed E-state index contributed by atoms with van der Waals surface area (Å²) in [6.07, 6.45) is 5.17. The fourth-order valence-electron chi connectivity index (χ4n) is 5.37. The number of benzene rings is 2. The molecule has 5 rings (SSSR count). The molecule has 35 heavy (non-hydrogen) atoms. The lowest BCUT2D eigenvalue weighted by molar-refractivity contribution is -0.00474. The van der Waals surface area contributed by atoms with Crippen molar-refractivity contribution in [2.24, 2.45) is 5.92 Å². The molecule has 3 aromatic rings. The topological polar surface area (TPSA) is 62.6 Å². The average Bonchev–Trinajstić information content (AvgIpc) is 3.48. The van der Waals surface area contributed by atoms with Crippen LogP contribution in [0, 0.1) is 31.4 Å². The van der Waals surface area contributed by atoms with E-state index >= 15 is 0 Å². The molecule has 4 nitrogen and oxygen atoms in total. The first-order valence-corrected chi connectivity index (χ1v) is 12.2. The largest absolute Gasteiger partial charge is 0.473 e. The van der Waals surface area contributed by atoms with Crippen LogP contribution in [-0.2, 0) is 19.4 Å². The van der Waals surface area contributed by atoms with E-state index in [0.717, 1.165) is 40.7 Å². The number of pyridine rings is 1. The van der Waals surface area contributed by atoms with Crippen LogP contribution in [0.5, 0.6) is 5.88 Å². The van der Waals surface area contributed by atoms with Gasteiger partial charge in [-0.1, -0.05) is 12.1 Å². The normalized spacial score (nSPS) is 19.7. The highest BCUT2D eigenvalue weighted by Gasteiger charge is 2.45. The fourth-order valence-corrected chi connectivity index (χ4v) is 5.37. The lowest BCUT2D eigenvalue weighted by Crippen LogP contribution is -2.29. The first kappa shape index (κ1) is 23.9. The van der Waals surface area contributed by atoms with E-state index in [4.69, 9.17) is 4.74 Å². The second-order valence-corrected chi connectivity index (χ2v) is 10.5. The number of aliphatic hydroxyl groups excluding tert-OH is 1. The van der Waals surface area contributed by atoms with E-state index in [9.17, 15) is 19.0 Å². The van der Waals surface area contributed by atoms with Gasteiger partial charge in [0, 0.05) is 29.5 Å². The maximum Gasteiger partial charge on any atom is 0.213 e. The molecule has 2 aliphatic rings. The van der Waals surface area contributed by atoms with Gasteiger partial charge in [-0.3, -0.25) is 0 Å². The Hall–Kier alpha value is -2.83. The first-order chi connectivity index (χ1) is 16.6. The molecule has 0 saturated heterocycles. The predicted octanol–water partition coefficient (Wildman–Crippen LogP) is 5.56. The van der Waals surface area contributed by atoms with E-state index in [1.807, 2.05) is 38.2 Å². The quantitative estimate of drug-likeness (QED) is 0.444. The summed E-state index contributed by atoms with van der Waals surface area (Å²) in [6, 6.07) is 8.30. The molecular formula is C29H31F2NO3. The first-order valence-electron chi connectivity index (χ1n) is 12.2. The van der Waals surface area contributed by atoms with Gasteiger partial charge in [-0.2, -0.15) is 0 Å². The zero-order chi connectivity index (χ0) is 24.9. The van der Waals surface area contributed by atoms with Crippen molar-refractivity contribution >= 4 is 0 Å². The van der Waals surface area contributed by atoms with Crippen molar-refractivity contribution in [1.29, 1.82) is 0 Å². The van der Waals surface area contributed by atoms with Crippen LogP contribution in [-0.4, -0.2) is 27.4 Å². The number of hydrogen-bond acceptors (Lipinski definition) is 4. The highest BCUT2D eigenvalue weighted by Crippen LogP contribution is 2.56. The van der Waals surface area contributed by atoms with E-state index in [0.29, 0.717) is 30.2 Å². The number of aliphatic hydroxyl groups is 2. The van der Waals surface area contributed by atoms with Gasteiger partial charge in [-0.25, -0.2) is 13.8 Å². The summed E-state index contributed by atoms with van der Waals surface area (Å²) < 4.78 is 35.4. The average molecular weight is 480 g/mol. The van der Waals surface area contributed by atoms with Crippen LogP contribution in [0.4, 0.5) is 8.78 Å². The van der Waals surface area contributed by atoms with Crippen molar-refractivity contribution in [2.45, 2.75) is 64.6 Å². The minimum Gasteiger partial charge on any atom is -0.473 e. The van der Waals surface area contributed by atoms with Gasteiger partial charge >= 0.3 is 0 Å². The predicted molar refractivity (Wildman–Crippen MR) is 130 cm³/mol. The van der Waals surface area contributed by atoms with Crippen molar-refractivity contribution in [3.05, 3.63) is 81.5 Å². The van der Waals surface area contributed by atoms with Crippen LogP contribution < -0.4 is 4.74 Å². The fraction of sp³-hybridized carbons (Fsp3) is 0.414.